The van der Waals surface area contributed by atoms with Gasteiger partial charge >= 0.3 is 11.7 Å². The van der Waals surface area contributed by atoms with E-state index in [4.69, 9.17) is 4.74 Å². The third-order valence-electron chi connectivity index (χ3n) is 4.52. The third kappa shape index (κ3) is 4.35. The first-order valence-electron chi connectivity index (χ1n) is 8.99. The molecule has 0 aliphatic carbocycles. The molecule has 3 rings (SSSR count). The number of benzene rings is 1. The molecule has 156 valence electrons. The van der Waals surface area contributed by atoms with Gasteiger partial charge in [0.2, 0.25) is 5.91 Å². The Kier molecular flexibility index (Phi) is 5.90. The zero-order valence-corrected chi connectivity index (χ0v) is 16.6. The van der Waals surface area contributed by atoms with E-state index < -0.39 is 22.8 Å². The number of methoxy groups -OCH3 is 1. The van der Waals surface area contributed by atoms with Crippen molar-refractivity contribution in [2.45, 2.75) is 26.4 Å². The Morgan fingerprint density at radius 2 is 2.03 bits per heavy atom. The molecule has 0 fully saturated rings. The third-order valence-corrected chi connectivity index (χ3v) is 4.52. The number of amides is 1. The molecule has 0 spiro atoms. The van der Waals surface area contributed by atoms with Crippen LogP contribution >= 0.6 is 0 Å². The quantitative estimate of drug-likeness (QED) is 0.357. The smallest absolute Gasteiger partial charge is 0.338 e. The van der Waals surface area contributed by atoms with E-state index in [0.717, 1.165) is 5.56 Å². The molecule has 11 nitrogen and oxygen atoms in total. The van der Waals surface area contributed by atoms with Crippen molar-refractivity contribution in [3.05, 3.63) is 69.8 Å². The molecule has 0 aliphatic heterocycles. The summed E-state index contributed by atoms with van der Waals surface area (Å²) in [5, 5.41) is 21.9. The lowest BCUT2D eigenvalue weighted by Gasteiger charge is -2.11. The summed E-state index contributed by atoms with van der Waals surface area (Å²) in [5.74, 6) is -0.842. The SMILES string of the molecule is COC(=O)c1ccccc1Cn1cc(NC(=O)C(C)n2cc([N+](=O)[O-])c(C)n2)cn1. The predicted molar refractivity (Wildman–Crippen MR) is 106 cm³/mol. The Morgan fingerprint density at radius 3 is 2.70 bits per heavy atom. The number of carbonyl (C=O) groups excluding carboxylic acids is 2. The van der Waals surface area contributed by atoms with Crippen LogP contribution in [0.5, 0.6) is 0 Å². The average Bonchev–Trinajstić information content (AvgIpc) is 3.33. The maximum Gasteiger partial charge on any atom is 0.338 e. The highest BCUT2D eigenvalue weighted by Gasteiger charge is 2.22. The van der Waals surface area contributed by atoms with Crippen LogP contribution in [-0.2, 0) is 16.1 Å². The van der Waals surface area contributed by atoms with E-state index in [1.165, 1.54) is 31.1 Å². The number of anilines is 1. The molecule has 2 heterocycles. The molecular formula is C19H20N6O5. The zero-order chi connectivity index (χ0) is 21.8. The second-order valence-corrected chi connectivity index (χ2v) is 6.58. The molecule has 0 saturated carbocycles. The van der Waals surface area contributed by atoms with Gasteiger partial charge in [-0.2, -0.15) is 10.2 Å². The maximum absolute atomic E-state index is 12.5. The highest BCUT2D eigenvalue weighted by Crippen LogP contribution is 2.19. The molecular weight excluding hydrogens is 392 g/mol. The normalized spacial score (nSPS) is 11.7. The monoisotopic (exact) mass is 412 g/mol. The van der Waals surface area contributed by atoms with Crippen LogP contribution in [0.25, 0.3) is 0 Å². The first kappa shape index (κ1) is 20.7. The molecule has 11 heteroatoms. The van der Waals surface area contributed by atoms with Crippen LogP contribution in [0, 0.1) is 17.0 Å². The van der Waals surface area contributed by atoms with Gasteiger partial charge in [-0.15, -0.1) is 0 Å². The van der Waals surface area contributed by atoms with E-state index >= 15 is 0 Å². The summed E-state index contributed by atoms with van der Waals surface area (Å²) in [4.78, 5) is 34.8. The minimum Gasteiger partial charge on any atom is -0.465 e. The number of ether oxygens (including phenoxy) is 1. The molecule has 1 atom stereocenters. The molecule has 2 aromatic heterocycles. The van der Waals surface area contributed by atoms with Crippen molar-refractivity contribution in [1.29, 1.82) is 0 Å². The summed E-state index contributed by atoms with van der Waals surface area (Å²) in [6.45, 7) is 3.40. The van der Waals surface area contributed by atoms with Crippen molar-refractivity contribution >= 4 is 23.3 Å². The highest BCUT2D eigenvalue weighted by molar-refractivity contribution is 5.93. The Hall–Kier alpha value is -4.02. The van der Waals surface area contributed by atoms with Gasteiger partial charge in [-0.25, -0.2) is 4.79 Å². The van der Waals surface area contributed by atoms with Gasteiger partial charge < -0.3 is 10.1 Å². The first-order valence-corrected chi connectivity index (χ1v) is 8.99. The number of aromatic nitrogens is 4. The van der Waals surface area contributed by atoms with Gasteiger partial charge in [0.15, 0.2) is 0 Å². The standard InChI is InChI=1S/C19H20N6O5/c1-12-17(25(28)29)11-24(22-12)13(2)18(26)21-15-8-20-23(10-15)9-14-6-4-5-7-16(14)19(27)30-3/h4-8,10-11,13H,9H2,1-3H3,(H,21,26). The van der Waals surface area contributed by atoms with Gasteiger partial charge in [0.25, 0.3) is 0 Å². The molecule has 3 aromatic rings. The molecule has 1 N–H and O–H groups in total. The number of aryl methyl sites for hydroxylation is 1. The molecule has 1 aromatic carbocycles. The van der Waals surface area contributed by atoms with Crippen LogP contribution in [0.4, 0.5) is 11.4 Å². The summed E-state index contributed by atoms with van der Waals surface area (Å²) in [7, 11) is 1.32. The molecule has 0 aliphatic rings. The van der Waals surface area contributed by atoms with Crippen LogP contribution in [0.1, 0.15) is 34.6 Å². The van der Waals surface area contributed by atoms with E-state index in [2.05, 4.69) is 15.5 Å². The van der Waals surface area contributed by atoms with Gasteiger partial charge in [-0.05, 0) is 25.5 Å². The van der Waals surface area contributed by atoms with Gasteiger partial charge in [-0.3, -0.25) is 24.3 Å². The van der Waals surface area contributed by atoms with Crippen molar-refractivity contribution in [3.63, 3.8) is 0 Å². The largest absolute Gasteiger partial charge is 0.465 e. The van der Waals surface area contributed by atoms with Crippen LogP contribution in [-0.4, -0.2) is 43.5 Å². The predicted octanol–water partition coefficient (Wildman–Crippen LogP) is 2.33. The van der Waals surface area contributed by atoms with Gasteiger partial charge in [0.05, 0.1) is 36.0 Å². The minimum absolute atomic E-state index is 0.147. The fraction of sp³-hybridized carbons (Fsp3) is 0.263. The van der Waals surface area contributed by atoms with E-state index in [9.17, 15) is 19.7 Å². The van der Waals surface area contributed by atoms with Crippen LogP contribution in [0.3, 0.4) is 0 Å². The molecule has 0 radical (unpaired) electrons. The maximum atomic E-state index is 12.5. The molecule has 1 unspecified atom stereocenters. The number of esters is 1. The fourth-order valence-electron chi connectivity index (χ4n) is 2.87. The van der Waals surface area contributed by atoms with Gasteiger partial charge in [0.1, 0.15) is 17.9 Å². The topological polar surface area (TPSA) is 134 Å². The number of hydrogen-bond donors (Lipinski definition) is 1. The lowest BCUT2D eigenvalue weighted by atomic mass is 10.1. The lowest BCUT2D eigenvalue weighted by molar-refractivity contribution is -0.385. The molecule has 0 bridgehead atoms. The Labute approximate surface area is 171 Å². The van der Waals surface area contributed by atoms with Crippen LogP contribution in [0.15, 0.2) is 42.9 Å². The van der Waals surface area contributed by atoms with Crippen molar-refractivity contribution < 1.29 is 19.2 Å². The van der Waals surface area contributed by atoms with E-state index in [0.29, 0.717) is 17.8 Å². The highest BCUT2D eigenvalue weighted by atomic mass is 16.6. The number of nitrogens with zero attached hydrogens (tertiary/aromatic N) is 5. The summed E-state index contributed by atoms with van der Waals surface area (Å²) in [6.07, 6.45) is 4.32. The van der Waals surface area contributed by atoms with Crippen LogP contribution < -0.4 is 5.32 Å². The first-order chi connectivity index (χ1) is 14.3. The molecule has 0 saturated heterocycles. The van der Waals surface area contributed by atoms with Crippen molar-refractivity contribution in [2.75, 3.05) is 12.4 Å². The van der Waals surface area contributed by atoms with Crippen molar-refractivity contribution in [2.24, 2.45) is 0 Å². The number of carbonyl (C=O) groups is 2. The van der Waals surface area contributed by atoms with Gasteiger partial charge in [0, 0.05) is 6.20 Å². The van der Waals surface area contributed by atoms with Crippen LogP contribution in [0.2, 0.25) is 0 Å². The van der Waals surface area contributed by atoms with E-state index in [1.807, 2.05) is 0 Å². The van der Waals surface area contributed by atoms with Crippen molar-refractivity contribution in [1.82, 2.24) is 19.6 Å². The molecule has 1 amide bonds. The number of nitrogens with one attached hydrogen (secondary N) is 1. The Bertz CT molecular complexity index is 1100. The summed E-state index contributed by atoms with van der Waals surface area (Å²) < 4.78 is 7.61. The Balaban J connectivity index is 1.70. The lowest BCUT2D eigenvalue weighted by Crippen LogP contribution is -2.24. The van der Waals surface area contributed by atoms with E-state index in [-0.39, 0.29) is 11.4 Å². The average molecular weight is 412 g/mol. The zero-order valence-electron chi connectivity index (χ0n) is 16.6. The summed E-state index contributed by atoms with van der Waals surface area (Å²) >= 11 is 0. The second-order valence-electron chi connectivity index (χ2n) is 6.58. The number of rotatable bonds is 7. The minimum atomic E-state index is -0.763. The fourth-order valence-corrected chi connectivity index (χ4v) is 2.87. The van der Waals surface area contributed by atoms with Crippen molar-refractivity contribution in [3.8, 4) is 0 Å². The number of hydrogen-bond acceptors (Lipinski definition) is 7. The second kappa shape index (κ2) is 8.55. The Morgan fingerprint density at radius 1 is 1.30 bits per heavy atom. The van der Waals surface area contributed by atoms with Gasteiger partial charge in [-0.1, -0.05) is 18.2 Å². The molecule has 30 heavy (non-hydrogen) atoms. The number of nitro groups is 1. The summed E-state index contributed by atoms with van der Waals surface area (Å²) in [6, 6.07) is 6.25. The van der Waals surface area contributed by atoms with E-state index in [1.54, 1.807) is 42.1 Å². The summed E-state index contributed by atoms with van der Waals surface area (Å²) in [5.41, 5.74) is 1.69.